The molecule has 72 valence electrons. The summed E-state index contributed by atoms with van der Waals surface area (Å²) >= 11 is 0. The second-order valence-electron chi connectivity index (χ2n) is 3.63. The molecule has 2 unspecified atom stereocenters. The highest BCUT2D eigenvalue weighted by Crippen LogP contribution is 2.10. The summed E-state index contributed by atoms with van der Waals surface area (Å²) in [5.74, 6) is 0. The van der Waals surface area contributed by atoms with Gasteiger partial charge < -0.3 is 4.90 Å². The molecule has 0 aromatic carbocycles. The van der Waals surface area contributed by atoms with Gasteiger partial charge in [-0.05, 0) is 20.5 Å². The Kier molecular flexibility index (Phi) is 6.39. The molecule has 2 heteroatoms. The summed E-state index contributed by atoms with van der Waals surface area (Å²) in [6.07, 6.45) is 2.63. The van der Waals surface area contributed by atoms with Gasteiger partial charge in [0.2, 0.25) is 0 Å². The van der Waals surface area contributed by atoms with Crippen LogP contribution in [-0.4, -0.2) is 33.5 Å². The zero-order valence-corrected chi connectivity index (χ0v) is 10.2. The van der Waals surface area contributed by atoms with E-state index in [9.17, 15) is 0 Å². The Balaban J connectivity index is 4.14. The normalized spacial score (nSPS) is 16.1. The predicted molar refractivity (Wildman–Crippen MR) is 60.2 cm³/mol. The fraction of sp³-hybridized carbons (Fsp3) is 0.800. The first-order chi connectivity index (χ1) is 5.67. The van der Waals surface area contributed by atoms with Gasteiger partial charge in [-0.1, -0.05) is 26.3 Å². The van der Waals surface area contributed by atoms with Crippen molar-refractivity contribution in [1.29, 1.82) is 0 Å². The summed E-state index contributed by atoms with van der Waals surface area (Å²) in [4.78, 5) is 2.38. The van der Waals surface area contributed by atoms with Crippen LogP contribution in [0, 0.1) is 0 Å². The Bertz CT molecular complexity index is 123. The van der Waals surface area contributed by atoms with Crippen LogP contribution in [0.5, 0.6) is 0 Å². The van der Waals surface area contributed by atoms with E-state index in [0.29, 0.717) is 0 Å². The Hall–Kier alpha value is -0.0831. The van der Waals surface area contributed by atoms with Crippen molar-refractivity contribution in [3.8, 4) is 0 Å². The standard InChI is InChI=1S/C10H23NSi/c1-6-9-10(11(4)5)12(7-2)8-3/h7,10,12H,2,6,8-9H2,1,3-5H3. The van der Waals surface area contributed by atoms with Crippen LogP contribution in [0.1, 0.15) is 26.7 Å². The summed E-state index contributed by atoms with van der Waals surface area (Å²) in [6.45, 7) is 8.51. The molecular formula is C10H23NSi. The molecule has 0 bridgehead atoms. The molecule has 0 saturated carbocycles. The van der Waals surface area contributed by atoms with Crippen molar-refractivity contribution in [2.45, 2.75) is 38.4 Å². The van der Waals surface area contributed by atoms with Crippen LogP contribution in [0.3, 0.4) is 0 Å². The lowest BCUT2D eigenvalue weighted by Crippen LogP contribution is -2.40. The maximum Gasteiger partial charge on any atom is 0.0793 e. The minimum absolute atomic E-state index is 0.693. The fourth-order valence-electron chi connectivity index (χ4n) is 1.75. The quantitative estimate of drug-likeness (QED) is 0.574. The lowest BCUT2D eigenvalue weighted by molar-refractivity contribution is 0.350. The number of nitrogens with zero attached hydrogens (tertiary/aromatic N) is 1. The van der Waals surface area contributed by atoms with E-state index in [-0.39, 0.29) is 0 Å². The van der Waals surface area contributed by atoms with Gasteiger partial charge in [0.25, 0.3) is 0 Å². The van der Waals surface area contributed by atoms with Crippen LogP contribution in [0.15, 0.2) is 12.3 Å². The molecule has 0 fully saturated rings. The van der Waals surface area contributed by atoms with Crippen LogP contribution in [-0.2, 0) is 0 Å². The number of hydrogen-bond donors (Lipinski definition) is 0. The van der Waals surface area contributed by atoms with Crippen LogP contribution in [0.25, 0.3) is 0 Å². The molecule has 0 heterocycles. The zero-order valence-electron chi connectivity index (χ0n) is 9.01. The molecule has 1 nitrogen and oxygen atoms in total. The molecule has 0 saturated heterocycles. The third kappa shape index (κ3) is 3.54. The molecule has 0 aliphatic heterocycles. The Morgan fingerprint density at radius 2 is 2.00 bits per heavy atom. The first-order valence-electron chi connectivity index (χ1n) is 4.96. The SMILES string of the molecule is C=C[SiH](CC)C(CCC)N(C)C. The number of rotatable bonds is 6. The zero-order chi connectivity index (χ0) is 9.56. The van der Waals surface area contributed by atoms with Crippen molar-refractivity contribution < 1.29 is 0 Å². The van der Waals surface area contributed by atoms with E-state index in [1.807, 2.05) is 0 Å². The number of hydrogen-bond acceptors (Lipinski definition) is 1. The smallest absolute Gasteiger partial charge is 0.0793 e. The molecule has 0 spiro atoms. The monoisotopic (exact) mass is 185 g/mol. The van der Waals surface area contributed by atoms with Crippen LogP contribution in [0.2, 0.25) is 6.04 Å². The van der Waals surface area contributed by atoms with Crippen LogP contribution >= 0.6 is 0 Å². The predicted octanol–water partition coefficient (Wildman–Crippen LogP) is 2.23. The Morgan fingerprint density at radius 1 is 1.42 bits per heavy atom. The van der Waals surface area contributed by atoms with E-state index in [1.165, 1.54) is 18.9 Å². The average molecular weight is 185 g/mol. The van der Waals surface area contributed by atoms with Crippen molar-refractivity contribution in [2.75, 3.05) is 14.1 Å². The summed E-state index contributed by atoms with van der Waals surface area (Å²) in [6, 6.07) is 1.34. The summed E-state index contributed by atoms with van der Waals surface area (Å²) < 4.78 is 0. The van der Waals surface area contributed by atoms with Crippen LogP contribution < -0.4 is 0 Å². The molecule has 0 aliphatic carbocycles. The highest BCUT2D eigenvalue weighted by atomic mass is 28.3. The van der Waals surface area contributed by atoms with E-state index in [1.54, 1.807) is 0 Å². The van der Waals surface area contributed by atoms with Gasteiger partial charge in [-0.15, -0.1) is 12.3 Å². The highest BCUT2D eigenvalue weighted by molar-refractivity contribution is 6.65. The van der Waals surface area contributed by atoms with Crippen molar-refractivity contribution in [1.82, 2.24) is 4.90 Å². The fourth-order valence-corrected chi connectivity index (χ4v) is 4.47. The van der Waals surface area contributed by atoms with Crippen molar-refractivity contribution >= 4 is 8.80 Å². The van der Waals surface area contributed by atoms with E-state index < -0.39 is 8.80 Å². The molecule has 0 radical (unpaired) electrons. The summed E-state index contributed by atoms with van der Waals surface area (Å²) in [5, 5.41) is 0. The maximum absolute atomic E-state index is 3.95. The average Bonchev–Trinajstić information content (AvgIpc) is 2.05. The third-order valence-corrected chi connectivity index (χ3v) is 5.98. The lowest BCUT2D eigenvalue weighted by Gasteiger charge is -2.28. The summed E-state index contributed by atoms with van der Waals surface area (Å²) in [5.41, 5.74) is 3.05. The van der Waals surface area contributed by atoms with E-state index in [0.717, 1.165) is 5.67 Å². The largest absolute Gasteiger partial charge is 0.309 e. The highest BCUT2D eigenvalue weighted by Gasteiger charge is 2.19. The molecule has 0 N–H and O–H groups in total. The molecule has 0 aliphatic rings. The molecule has 2 atom stereocenters. The topological polar surface area (TPSA) is 3.24 Å². The third-order valence-electron chi connectivity index (χ3n) is 2.52. The minimum Gasteiger partial charge on any atom is -0.309 e. The maximum atomic E-state index is 3.95. The second-order valence-corrected chi connectivity index (χ2v) is 7.01. The van der Waals surface area contributed by atoms with Crippen molar-refractivity contribution in [3.05, 3.63) is 12.3 Å². The van der Waals surface area contributed by atoms with Gasteiger partial charge in [0.05, 0.1) is 8.80 Å². The van der Waals surface area contributed by atoms with E-state index >= 15 is 0 Å². The lowest BCUT2D eigenvalue weighted by atomic mass is 10.3. The second kappa shape index (κ2) is 6.43. The van der Waals surface area contributed by atoms with Gasteiger partial charge in [-0.3, -0.25) is 0 Å². The molecule has 0 aromatic heterocycles. The minimum atomic E-state index is -0.693. The molecule has 12 heavy (non-hydrogen) atoms. The molecule has 0 amide bonds. The Morgan fingerprint density at radius 3 is 2.25 bits per heavy atom. The van der Waals surface area contributed by atoms with Gasteiger partial charge in [-0.25, -0.2) is 0 Å². The van der Waals surface area contributed by atoms with Gasteiger partial charge in [0.15, 0.2) is 0 Å². The van der Waals surface area contributed by atoms with Crippen molar-refractivity contribution in [3.63, 3.8) is 0 Å². The van der Waals surface area contributed by atoms with Crippen LogP contribution in [0.4, 0.5) is 0 Å². The first-order valence-corrected chi connectivity index (χ1v) is 7.11. The van der Waals surface area contributed by atoms with Gasteiger partial charge in [-0.2, -0.15) is 0 Å². The van der Waals surface area contributed by atoms with E-state index in [2.05, 4.69) is 45.1 Å². The van der Waals surface area contributed by atoms with Gasteiger partial charge >= 0.3 is 0 Å². The van der Waals surface area contributed by atoms with E-state index in [4.69, 9.17) is 0 Å². The molecule has 0 aromatic rings. The molecular weight excluding hydrogens is 162 g/mol. The first kappa shape index (κ1) is 11.9. The van der Waals surface area contributed by atoms with Gasteiger partial charge in [0, 0.05) is 5.67 Å². The van der Waals surface area contributed by atoms with Gasteiger partial charge in [0.1, 0.15) is 0 Å². The van der Waals surface area contributed by atoms with Crippen molar-refractivity contribution in [2.24, 2.45) is 0 Å². The Labute approximate surface area is 79.1 Å². The molecule has 0 rings (SSSR count). The summed E-state index contributed by atoms with van der Waals surface area (Å²) in [7, 11) is 3.70.